The summed E-state index contributed by atoms with van der Waals surface area (Å²) in [6.07, 6.45) is 1.44. The van der Waals surface area contributed by atoms with Gasteiger partial charge in [-0.1, -0.05) is 30.3 Å². The first-order valence-corrected chi connectivity index (χ1v) is 12.5. The van der Waals surface area contributed by atoms with E-state index in [0.29, 0.717) is 5.56 Å². The van der Waals surface area contributed by atoms with Gasteiger partial charge in [0.25, 0.3) is 5.91 Å². The molecule has 0 spiro atoms. The Labute approximate surface area is 210 Å². The summed E-state index contributed by atoms with van der Waals surface area (Å²) in [6, 6.07) is 12.6. The van der Waals surface area contributed by atoms with Crippen molar-refractivity contribution in [3.05, 3.63) is 89.2 Å². The van der Waals surface area contributed by atoms with Crippen LogP contribution < -0.4 is 20.6 Å². The van der Waals surface area contributed by atoms with E-state index in [9.17, 15) is 38.9 Å². The van der Waals surface area contributed by atoms with Crippen LogP contribution in [-0.4, -0.2) is 55.7 Å². The molecule has 12 nitrogen and oxygen atoms in total. The van der Waals surface area contributed by atoms with Crippen LogP contribution >= 0.6 is 7.60 Å². The lowest BCUT2D eigenvalue weighted by atomic mass is 9.72. The lowest BCUT2D eigenvalue weighted by Gasteiger charge is -2.30. The maximum absolute atomic E-state index is 13.3. The fourth-order valence-corrected chi connectivity index (χ4v) is 4.38. The summed E-state index contributed by atoms with van der Waals surface area (Å²) in [7, 11) is -6.12. The molecule has 37 heavy (non-hydrogen) atoms. The maximum Gasteiger partial charge on any atom is 0.547 e. The number of pyridine rings is 1. The zero-order valence-corrected chi connectivity index (χ0v) is 19.9. The van der Waals surface area contributed by atoms with Crippen LogP contribution in [0.1, 0.15) is 38.0 Å². The Morgan fingerprint density at radius 1 is 1.05 bits per heavy atom. The van der Waals surface area contributed by atoms with Gasteiger partial charge in [-0.15, -0.1) is 0 Å². The quantitative estimate of drug-likeness (QED) is 0.183. The van der Waals surface area contributed by atoms with Gasteiger partial charge in [0, 0.05) is 6.20 Å². The molecule has 2 amide bonds. The molecule has 1 aromatic heterocycles. The lowest BCUT2D eigenvalue weighted by Crippen LogP contribution is -2.55. The number of carboxylic acid groups (broad SMARTS) is 1. The molecule has 1 unspecified atom stereocenters. The third kappa shape index (κ3) is 5.87. The number of aromatic carboxylic acids is 1. The highest BCUT2D eigenvalue weighted by Gasteiger charge is 2.39. The molecule has 1 aliphatic heterocycles. The van der Waals surface area contributed by atoms with E-state index in [1.807, 2.05) is 0 Å². The van der Waals surface area contributed by atoms with E-state index < -0.39 is 44.5 Å². The minimum absolute atomic E-state index is 0.000953. The van der Waals surface area contributed by atoms with Crippen LogP contribution in [0.2, 0.25) is 0 Å². The first-order chi connectivity index (χ1) is 17.5. The number of hydrogen-bond donors (Lipinski definition) is 6. The SMILES string of the molecule is O=C(NC(C(=O)N[C@H]1Cc2cccc(C(=O)O)c2OB1O)c1ccc(P(=O)(O)O)cc1)c1ccccn1. The summed E-state index contributed by atoms with van der Waals surface area (Å²) in [5.41, 5.74) is 0.560. The van der Waals surface area contributed by atoms with Gasteiger partial charge >= 0.3 is 20.7 Å². The van der Waals surface area contributed by atoms with E-state index in [4.69, 9.17) is 4.65 Å². The van der Waals surface area contributed by atoms with Gasteiger partial charge in [0.1, 0.15) is 17.5 Å². The average molecular weight is 525 g/mol. The van der Waals surface area contributed by atoms with Crippen molar-refractivity contribution in [2.24, 2.45) is 0 Å². The molecule has 2 atom stereocenters. The standard InChI is InChI=1S/C23H21BN3O9P/c28-21(17-6-1-2-11-25-17)27-19(13-7-9-15(10-8-13)37(33,34)35)22(29)26-18-12-14-4-3-5-16(23(30)31)20(14)36-24(18)32/h1-11,18-19,32H,12H2,(H,26,29)(H,27,28)(H,30,31)(H2,33,34,35)/t18-,19?/m0/s1. The second-order valence-electron chi connectivity index (χ2n) is 8.18. The number of aromatic nitrogens is 1. The fourth-order valence-electron chi connectivity index (χ4n) is 3.85. The Morgan fingerprint density at radius 2 is 1.78 bits per heavy atom. The molecule has 0 radical (unpaired) electrons. The largest absolute Gasteiger partial charge is 0.547 e. The number of para-hydroxylation sites is 1. The van der Waals surface area contributed by atoms with Gasteiger partial charge in [-0.25, -0.2) is 4.79 Å². The highest BCUT2D eigenvalue weighted by Crippen LogP contribution is 2.33. The summed E-state index contributed by atoms with van der Waals surface area (Å²) >= 11 is 0. The summed E-state index contributed by atoms with van der Waals surface area (Å²) in [4.78, 5) is 60.3. The van der Waals surface area contributed by atoms with Gasteiger partial charge < -0.3 is 35.2 Å². The Morgan fingerprint density at radius 3 is 2.41 bits per heavy atom. The van der Waals surface area contributed by atoms with E-state index in [1.165, 1.54) is 36.5 Å². The number of nitrogens with zero attached hydrogens (tertiary/aromatic N) is 1. The first-order valence-electron chi connectivity index (χ1n) is 10.9. The van der Waals surface area contributed by atoms with E-state index in [-0.39, 0.29) is 34.3 Å². The van der Waals surface area contributed by atoms with Crippen molar-refractivity contribution in [3.8, 4) is 5.75 Å². The molecule has 0 saturated heterocycles. The molecule has 2 heterocycles. The topological polar surface area (TPSA) is 195 Å². The zero-order chi connectivity index (χ0) is 26.7. The monoisotopic (exact) mass is 525 g/mol. The van der Waals surface area contributed by atoms with Crippen LogP contribution in [0.15, 0.2) is 66.9 Å². The molecule has 0 bridgehead atoms. The summed E-state index contributed by atoms with van der Waals surface area (Å²) < 4.78 is 16.9. The van der Waals surface area contributed by atoms with E-state index >= 15 is 0 Å². The third-order valence-corrected chi connectivity index (χ3v) is 6.65. The van der Waals surface area contributed by atoms with E-state index in [2.05, 4.69) is 15.6 Å². The Balaban J connectivity index is 1.60. The first kappa shape index (κ1) is 26.0. The highest BCUT2D eigenvalue weighted by molar-refractivity contribution is 7.60. The molecular formula is C23H21BN3O9P. The smallest absolute Gasteiger partial charge is 0.534 e. The van der Waals surface area contributed by atoms with Crippen molar-refractivity contribution in [2.45, 2.75) is 18.4 Å². The number of rotatable bonds is 7. The molecule has 0 saturated carbocycles. The van der Waals surface area contributed by atoms with Crippen molar-refractivity contribution < 1.29 is 43.5 Å². The number of amides is 2. The zero-order valence-electron chi connectivity index (χ0n) is 19.0. The van der Waals surface area contributed by atoms with E-state index in [1.54, 1.807) is 18.2 Å². The Kier molecular flexibility index (Phi) is 7.41. The van der Waals surface area contributed by atoms with Crippen LogP contribution in [0, 0.1) is 0 Å². The second kappa shape index (κ2) is 10.5. The second-order valence-corrected chi connectivity index (χ2v) is 9.79. The molecule has 3 aromatic rings. The van der Waals surface area contributed by atoms with Gasteiger partial charge in [-0.2, -0.15) is 0 Å². The van der Waals surface area contributed by atoms with E-state index in [0.717, 1.165) is 12.1 Å². The number of nitrogens with one attached hydrogen (secondary N) is 2. The van der Waals surface area contributed by atoms with Crippen LogP contribution in [0.5, 0.6) is 5.75 Å². The molecule has 190 valence electrons. The Bertz CT molecular complexity index is 1380. The van der Waals surface area contributed by atoms with Crippen LogP contribution in [0.4, 0.5) is 0 Å². The van der Waals surface area contributed by atoms with Gasteiger partial charge in [0.15, 0.2) is 0 Å². The lowest BCUT2D eigenvalue weighted by molar-refractivity contribution is -0.123. The number of carboxylic acids is 1. The number of fused-ring (bicyclic) bond motifs is 1. The molecule has 6 N–H and O–H groups in total. The van der Waals surface area contributed by atoms with Crippen LogP contribution in [0.3, 0.4) is 0 Å². The molecule has 0 fully saturated rings. The van der Waals surface area contributed by atoms with Crippen molar-refractivity contribution in [3.63, 3.8) is 0 Å². The minimum Gasteiger partial charge on any atom is -0.534 e. The normalized spacial score (nSPS) is 15.6. The minimum atomic E-state index is -4.54. The summed E-state index contributed by atoms with van der Waals surface area (Å²) in [5.74, 6) is -3.66. The molecule has 4 rings (SSSR count). The molecule has 1 aliphatic rings. The van der Waals surface area contributed by atoms with Crippen molar-refractivity contribution in [1.82, 2.24) is 15.6 Å². The van der Waals surface area contributed by atoms with Crippen molar-refractivity contribution in [1.29, 1.82) is 0 Å². The Hall–Kier alpha value is -4.03. The highest BCUT2D eigenvalue weighted by atomic mass is 31.2. The predicted octanol–water partition coefficient (Wildman–Crippen LogP) is 0.193. The van der Waals surface area contributed by atoms with Crippen molar-refractivity contribution in [2.75, 3.05) is 0 Å². The maximum atomic E-state index is 13.3. The summed E-state index contributed by atoms with van der Waals surface area (Å²) in [6.45, 7) is 0. The number of carbonyl (C=O) groups excluding carboxylic acids is 2. The molecule has 0 aliphatic carbocycles. The average Bonchev–Trinajstić information content (AvgIpc) is 2.87. The number of benzene rings is 2. The van der Waals surface area contributed by atoms with Gasteiger partial charge in [0.2, 0.25) is 5.91 Å². The fraction of sp³-hybridized carbons (Fsp3) is 0.130. The van der Waals surface area contributed by atoms with Gasteiger partial charge in [-0.3, -0.25) is 19.1 Å². The van der Waals surface area contributed by atoms with Gasteiger partial charge in [0.05, 0.1) is 16.8 Å². The molecule has 14 heteroatoms. The van der Waals surface area contributed by atoms with Gasteiger partial charge in [-0.05, 0) is 47.9 Å². The third-order valence-electron chi connectivity index (χ3n) is 5.68. The predicted molar refractivity (Wildman–Crippen MR) is 130 cm³/mol. The van der Waals surface area contributed by atoms with Crippen LogP contribution in [-0.2, 0) is 15.8 Å². The summed E-state index contributed by atoms with van der Waals surface area (Å²) in [5, 5.41) is 24.7. The molecular weight excluding hydrogens is 504 g/mol. The number of hydrogen-bond acceptors (Lipinski definition) is 7. The molecule has 2 aromatic carbocycles. The van der Waals surface area contributed by atoms with Crippen LogP contribution in [0.25, 0.3) is 0 Å². The number of carbonyl (C=O) groups is 3. The van der Waals surface area contributed by atoms with Crippen molar-refractivity contribution >= 4 is 37.8 Å².